The van der Waals surface area contributed by atoms with E-state index < -0.39 is 153 Å². The van der Waals surface area contributed by atoms with Crippen LogP contribution in [0, 0.1) is 11.8 Å². The maximum absolute atomic E-state index is 12.7. The molecule has 1 aromatic heterocycles. The van der Waals surface area contributed by atoms with Gasteiger partial charge in [-0.15, -0.1) is 0 Å². The average molecular weight is 944 g/mol. The second-order valence-electron chi connectivity index (χ2n) is 17.5. The Morgan fingerprint density at radius 1 is 0.803 bits per heavy atom. The van der Waals surface area contributed by atoms with Crippen LogP contribution in [-0.2, 0) is 54.1 Å². The first-order valence-corrected chi connectivity index (χ1v) is 22.5. The van der Waals surface area contributed by atoms with Gasteiger partial charge in [0.2, 0.25) is 5.91 Å². The molecule has 4 aliphatic rings. The van der Waals surface area contributed by atoms with E-state index in [1.807, 2.05) is 6.92 Å². The van der Waals surface area contributed by atoms with E-state index in [-0.39, 0.29) is 31.6 Å². The largest absolute Gasteiger partial charge is 0.479 e. The van der Waals surface area contributed by atoms with Gasteiger partial charge in [-0.1, -0.05) is 44.9 Å². The lowest BCUT2D eigenvalue weighted by Gasteiger charge is -2.49. The number of aliphatic carboxylic acids is 1. The van der Waals surface area contributed by atoms with Crippen LogP contribution < -0.4 is 10.9 Å². The minimum Gasteiger partial charge on any atom is -0.479 e. The third kappa shape index (κ3) is 11.9. The molecule has 20 atom stereocenters. The molecule has 0 radical (unpaired) electrons. The van der Waals surface area contributed by atoms with Gasteiger partial charge >= 0.3 is 11.6 Å². The molecule has 1 aliphatic carbocycles. The summed E-state index contributed by atoms with van der Waals surface area (Å²) in [6.45, 7) is 4.34. The van der Waals surface area contributed by atoms with Gasteiger partial charge in [-0.2, -0.15) is 0 Å². The maximum Gasteiger partial charge on any atom is 0.341 e. The van der Waals surface area contributed by atoms with Crippen molar-refractivity contribution in [1.82, 2.24) is 5.32 Å². The highest BCUT2D eigenvalue weighted by molar-refractivity contribution is 5.76. The fourth-order valence-electron chi connectivity index (χ4n) is 9.19. The zero-order valence-electron chi connectivity index (χ0n) is 37.2. The Balaban J connectivity index is 1.25. The number of carboxylic acids is 1. The molecule has 22 nitrogen and oxygen atoms in total. The van der Waals surface area contributed by atoms with E-state index in [0.29, 0.717) is 30.2 Å². The molecule has 6 rings (SSSR count). The first-order chi connectivity index (χ1) is 31.5. The molecule has 4 fully saturated rings. The third-order valence-electron chi connectivity index (χ3n) is 12.8. The van der Waals surface area contributed by atoms with Gasteiger partial charge in [-0.05, 0) is 50.2 Å². The molecule has 66 heavy (non-hydrogen) atoms. The number of aliphatic hydroxyl groups is 8. The summed E-state index contributed by atoms with van der Waals surface area (Å²) in [5.74, 6) is -2.82. The van der Waals surface area contributed by atoms with Crippen LogP contribution in [-0.4, -0.2) is 188 Å². The average Bonchev–Trinajstić information content (AvgIpc) is 3.29. The number of amides is 1. The van der Waals surface area contributed by atoms with Gasteiger partial charge in [-0.25, -0.2) is 9.59 Å². The smallest absolute Gasteiger partial charge is 0.341 e. The Morgan fingerprint density at radius 3 is 2.14 bits per heavy atom. The van der Waals surface area contributed by atoms with Crippen molar-refractivity contribution in [1.29, 1.82) is 0 Å². The fraction of sp³-hybridized carbons (Fsp3) is 0.750. The zero-order chi connectivity index (χ0) is 48.0. The van der Waals surface area contributed by atoms with Gasteiger partial charge in [-0.3, -0.25) is 4.79 Å². The Labute approximate surface area is 380 Å². The van der Waals surface area contributed by atoms with Crippen LogP contribution in [0.15, 0.2) is 39.5 Å². The van der Waals surface area contributed by atoms with Crippen LogP contribution in [0.2, 0.25) is 0 Å². The molecule has 22 heteroatoms. The highest BCUT2D eigenvalue weighted by Gasteiger charge is 2.53. The summed E-state index contributed by atoms with van der Waals surface area (Å²) in [6, 6.07) is 7.07. The standard InChI is InChI=1S/C44H65NO21/c1-5-9-26(40(55)56)61-38-30(45-20(4)48)42(64-28(15-46)32(38)50)63-27-13-21(12-22(6-2)37(27)66-44-35(53)34(52)31(49)19(3)60-44)17-59-43-36(54)39(33(51)29(16-47)65-43)58-18-24-14-23-10-7-8-11-25(23)62-41(24)57/h7-8,10-11,14,19,21-22,26-39,42-44,46-47,49-54H,5-6,9,12-13,15-18H2,1-4H3,(H,45,48)(H,55,56)/t19?,21?,22?,26-,27+,28?,29?,30?,31-,32-,33+,34?,35?,36?,37?,38?,39?,42+,43-,44-/m0/s1. The molecule has 3 aliphatic heterocycles. The van der Waals surface area contributed by atoms with E-state index in [4.69, 9.17) is 42.3 Å². The topological polar surface area (TPSA) is 332 Å². The SMILES string of the molecule is CCC[C@H](OC1C(NC(C)=O)[C@H](O[C@@H]2CC(CO[C@H]3OC(CO)[C@@H](O)C(OCc4cc5ccccc5oc4=O)C3O)CC(CC)C2O[C@@H]2OC(C)[C@H](O)C(O)C2O)OC(CO)[C@@H]1O)C(=O)O. The Morgan fingerprint density at radius 2 is 1.48 bits per heavy atom. The van der Waals surface area contributed by atoms with Crippen molar-refractivity contribution in [3.63, 3.8) is 0 Å². The quantitative estimate of drug-likeness (QED) is 0.0708. The molecule has 10 N–H and O–H groups in total. The first-order valence-electron chi connectivity index (χ1n) is 22.5. The Bertz CT molecular complexity index is 1940. The lowest BCUT2D eigenvalue weighted by atomic mass is 9.76. The van der Waals surface area contributed by atoms with Crippen LogP contribution in [0.3, 0.4) is 0 Å². The zero-order valence-corrected chi connectivity index (χ0v) is 37.2. The van der Waals surface area contributed by atoms with Crippen LogP contribution in [0.1, 0.15) is 65.4 Å². The molecule has 372 valence electrons. The van der Waals surface area contributed by atoms with Gasteiger partial charge in [0.15, 0.2) is 25.0 Å². The molecule has 3 saturated heterocycles. The van der Waals surface area contributed by atoms with Crippen molar-refractivity contribution < 1.29 is 97.9 Å². The summed E-state index contributed by atoms with van der Waals surface area (Å²) >= 11 is 0. The molecule has 0 bridgehead atoms. The van der Waals surface area contributed by atoms with Gasteiger partial charge in [0.25, 0.3) is 0 Å². The molecule has 1 amide bonds. The van der Waals surface area contributed by atoms with Crippen molar-refractivity contribution in [3.05, 3.63) is 46.3 Å². The molecule has 1 aromatic carbocycles. The lowest BCUT2D eigenvalue weighted by molar-refractivity contribution is -0.341. The number of fused-ring (bicyclic) bond motifs is 1. The van der Waals surface area contributed by atoms with Crippen molar-refractivity contribution in [2.45, 2.75) is 177 Å². The van der Waals surface area contributed by atoms with Crippen LogP contribution >= 0.6 is 0 Å². The number of hydrogen-bond donors (Lipinski definition) is 10. The molecule has 0 spiro atoms. The van der Waals surface area contributed by atoms with Gasteiger partial charge in [0.1, 0.15) is 72.7 Å². The normalized spacial score (nSPS) is 39.1. The summed E-state index contributed by atoms with van der Waals surface area (Å²) in [5, 5.41) is 99.6. The number of ether oxygens (including phenoxy) is 8. The molecular formula is C44H65NO21. The molecular weight excluding hydrogens is 878 g/mol. The number of carbonyl (C=O) groups excluding carboxylic acids is 1. The van der Waals surface area contributed by atoms with Gasteiger partial charge in [0.05, 0.1) is 50.3 Å². The number of aliphatic hydroxyl groups excluding tert-OH is 8. The van der Waals surface area contributed by atoms with Crippen molar-refractivity contribution >= 4 is 22.8 Å². The van der Waals surface area contributed by atoms with Crippen molar-refractivity contribution in [3.8, 4) is 0 Å². The van der Waals surface area contributed by atoms with E-state index in [1.54, 1.807) is 37.3 Å². The van der Waals surface area contributed by atoms with Crippen LogP contribution in [0.4, 0.5) is 0 Å². The number of benzene rings is 1. The number of carbonyl (C=O) groups is 2. The van der Waals surface area contributed by atoms with E-state index in [1.165, 1.54) is 13.8 Å². The highest BCUT2D eigenvalue weighted by Crippen LogP contribution is 2.40. The van der Waals surface area contributed by atoms with E-state index in [2.05, 4.69) is 5.32 Å². The van der Waals surface area contributed by atoms with Crippen LogP contribution in [0.25, 0.3) is 11.0 Å². The highest BCUT2D eigenvalue weighted by atomic mass is 16.7. The molecule has 4 heterocycles. The van der Waals surface area contributed by atoms with E-state index >= 15 is 0 Å². The minimum atomic E-state index is -1.70. The predicted octanol–water partition coefficient (Wildman–Crippen LogP) is -1.61. The van der Waals surface area contributed by atoms with Gasteiger partial charge < -0.3 is 93.6 Å². The summed E-state index contributed by atoms with van der Waals surface area (Å²) in [7, 11) is 0. The van der Waals surface area contributed by atoms with E-state index in [9.17, 15) is 60.3 Å². The number of para-hydroxylation sites is 1. The monoisotopic (exact) mass is 943 g/mol. The maximum atomic E-state index is 12.7. The summed E-state index contributed by atoms with van der Waals surface area (Å²) in [6.07, 6.45) is -22.6. The second kappa shape index (κ2) is 23.4. The van der Waals surface area contributed by atoms with Crippen LogP contribution in [0.5, 0.6) is 0 Å². The first kappa shape index (κ1) is 52.1. The molecule has 12 unspecified atom stereocenters. The summed E-state index contributed by atoms with van der Waals surface area (Å²) < 4.78 is 54.2. The second-order valence-corrected chi connectivity index (χ2v) is 17.5. The Kier molecular flexibility index (Phi) is 18.4. The van der Waals surface area contributed by atoms with E-state index in [0.717, 1.165) is 0 Å². The molecule has 2 aromatic rings. The third-order valence-corrected chi connectivity index (χ3v) is 12.8. The molecule has 1 saturated carbocycles. The van der Waals surface area contributed by atoms with Crippen molar-refractivity contribution in [2.24, 2.45) is 11.8 Å². The summed E-state index contributed by atoms with van der Waals surface area (Å²) in [5.41, 5.74) is -0.207. The fourth-order valence-corrected chi connectivity index (χ4v) is 9.19. The van der Waals surface area contributed by atoms with Crippen molar-refractivity contribution in [2.75, 3.05) is 19.8 Å². The summed E-state index contributed by atoms with van der Waals surface area (Å²) in [4.78, 5) is 37.6. The number of hydrogen-bond acceptors (Lipinski definition) is 20. The number of carboxylic acid groups (broad SMARTS) is 1. The lowest BCUT2D eigenvalue weighted by Crippen LogP contribution is -2.67. The predicted molar refractivity (Wildman–Crippen MR) is 224 cm³/mol. The van der Waals surface area contributed by atoms with Gasteiger partial charge in [0, 0.05) is 12.3 Å². The number of nitrogens with one attached hydrogen (secondary N) is 1. The minimum absolute atomic E-state index is 0.0502. The number of rotatable bonds is 19. The Hall–Kier alpha value is -3.27.